The largest absolute Gasteiger partial charge is 0.345 e. The number of aromatic amines is 1. The molecule has 0 aliphatic rings. The molecule has 0 radical (unpaired) electrons. The number of hydrogen-bond acceptors (Lipinski definition) is 4. The van der Waals surface area contributed by atoms with Crippen LogP contribution in [-0.4, -0.2) is 33.1 Å². The predicted octanol–water partition coefficient (Wildman–Crippen LogP) is 3.63. The molecule has 2 amide bonds. The van der Waals surface area contributed by atoms with Gasteiger partial charge in [0.2, 0.25) is 11.8 Å². The van der Waals surface area contributed by atoms with E-state index in [1.54, 1.807) is 16.7 Å². The Kier molecular flexibility index (Phi) is 6.46. The third-order valence-corrected chi connectivity index (χ3v) is 4.81. The van der Waals surface area contributed by atoms with Crippen LogP contribution in [0.4, 0.5) is 5.69 Å². The molecule has 0 saturated carbocycles. The first-order chi connectivity index (χ1) is 13.8. The van der Waals surface area contributed by atoms with Gasteiger partial charge in [0.15, 0.2) is 10.6 Å². The predicted molar refractivity (Wildman–Crippen MR) is 115 cm³/mol. The van der Waals surface area contributed by atoms with E-state index in [0.29, 0.717) is 21.3 Å². The molecule has 3 rings (SSSR count). The number of halogens is 1. The number of carbonyl (C=O) groups excluding carboxylic acids is 2. The van der Waals surface area contributed by atoms with Crippen LogP contribution >= 0.6 is 23.8 Å². The smallest absolute Gasteiger partial charge is 0.243 e. The average molecular weight is 430 g/mol. The molecule has 3 N–H and O–H groups in total. The number of carbonyl (C=O) groups is 2. The van der Waals surface area contributed by atoms with Gasteiger partial charge in [-0.25, -0.2) is 0 Å². The van der Waals surface area contributed by atoms with Crippen LogP contribution in [0.15, 0.2) is 42.5 Å². The second-order valence-electron chi connectivity index (χ2n) is 6.62. The van der Waals surface area contributed by atoms with Crippen molar-refractivity contribution in [3.63, 3.8) is 0 Å². The van der Waals surface area contributed by atoms with Gasteiger partial charge in [-0.1, -0.05) is 41.4 Å². The molecule has 2 aromatic carbocycles. The maximum Gasteiger partial charge on any atom is 0.243 e. The highest BCUT2D eigenvalue weighted by atomic mass is 35.5. The second-order valence-corrected chi connectivity index (χ2v) is 7.41. The summed E-state index contributed by atoms with van der Waals surface area (Å²) in [4.78, 5) is 24.5. The number of amides is 2. The first-order valence-corrected chi connectivity index (χ1v) is 9.67. The van der Waals surface area contributed by atoms with E-state index in [2.05, 4.69) is 20.8 Å². The topological polar surface area (TPSA) is 91.8 Å². The summed E-state index contributed by atoms with van der Waals surface area (Å²) in [6.07, 6.45) is 0. The molecule has 0 fully saturated rings. The van der Waals surface area contributed by atoms with E-state index < -0.39 is 0 Å². The van der Waals surface area contributed by atoms with Gasteiger partial charge >= 0.3 is 0 Å². The summed E-state index contributed by atoms with van der Waals surface area (Å²) in [5, 5.41) is 12.6. The number of anilines is 1. The van der Waals surface area contributed by atoms with Gasteiger partial charge in [-0.05, 0) is 49.8 Å². The molecule has 9 heteroatoms. The van der Waals surface area contributed by atoms with Crippen LogP contribution in [0.3, 0.4) is 0 Å². The summed E-state index contributed by atoms with van der Waals surface area (Å²) in [6, 6.07) is 13.0. The van der Waals surface area contributed by atoms with E-state index in [1.165, 1.54) is 0 Å². The van der Waals surface area contributed by atoms with Crippen LogP contribution < -0.4 is 10.6 Å². The summed E-state index contributed by atoms with van der Waals surface area (Å²) in [5.74, 6) is -0.176. The van der Waals surface area contributed by atoms with Gasteiger partial charge in [0.05, 0.1) is 17.3 Å². The van der Waals surface area contributed by atoms with Crippen molar-refractivity contribution in [2.75, 3.05) is 11.9 Å². The fourth-order valence-corrected chi connectivity index (χ4v) is 3.24. The second kappa shape index (κ2) is 9.02. The van der Waals surface area contributed by atoms with Gasteiger partial charge in [-0.2, -0.15) is 5.10 Å². The van der Waals surface area contributed by atoms with Gasteiger partial charge < -0.3 is 10.6 Å². The molecule has 0 bridgehead atoms. The summed E-state index contributed by atoms with van der Waals surface area (Å²) in [7, 11) is 0. The van der Waals surface area contributed by atoms with E-state index in [1.807, 2.05) is 44.2 Å². The van der Waals surface area contributed by atoms with E-state index in [-0.39, 0.29) is 24.9 Å². The number of nitrogens with zero attached hydrogens (tertiary/aromatic N) is 2. The quantitative estimate of drug-likeness (QED) is 0.522. The SMILES string of the molecule is Cc1cccc(-c2n[nH]c(=S)n2CC(=O)NCC(=O)Nc2ccc(C)cc2Cl)c1. The third-order valence-electron chi connectivity index (χ3n) is 4.18. The van der Waals surface area contributed by atoms with Crippen molar-refractivity contribution in [2.45, 2.75) is 20.4 Å². The number of rotatable bonds is 6. The fraction of sp³-hybridized carbons (Fsp3) is 0.200. The standard InChI is InChI=1S/C20H20ClN5O2S/c1-12-4-3-5-14(8-12)19-24-25-20(29)26(19)11-18(28)22-10-17(27)23-16-7-6-13(2)9-15(16)21/h3-9H,10-11H2,1-2H3,(H,22,28)(H,23,27)(H,25,29). The van der Waals surface area contributed by atoms with Crippen molar-refractivity contribution in [3.05, 3.63) is 63.4 Å². The van der Waals surface area contributed by atoms with Crippen molar-refractivity contribution in [2.24, 2.45) is 0 Å². The Hall–Kier alpha value is -2.97. The molecule has 0 unspecified atom stereocenters. The Labute approximate surface area is 178 Å². The Balaban J connectivity index is 1.62. The van der Waals surface area contributed by atoms with Crippen molar-refractivity contribution >= 4 is 41.3 Å². The molecule has 0 aliphatic heterocycles. The van der Waals surface area contributed by atoms with E-state index in [4.69, 9.17) is 23.8 Å². The van der Waals surface area contributed by atoms with Gasteiger partial charge in [0.1, 0.15) is 6.54 Å². The van der Waals surface area contributed by atoms with Gasteiger partial charge in [0.25, 0.3) is 0 Å². The summed E-state index contributed by atoms with van der Waals surface area (Å²) < 4.78 is 1.92. The first-order valence-electron chi connectivity index (χ1n) is 8.88. The minimum Gasteiger partial charge on any atom is -0.345 e. The average Bonchev–Trinajstić information content (AvgIpc) is 3.03. The molecule has 0 aliphatic carbocycles. The van der Waals surface area contributed by atoms with Crippen molar-refractivity contribution < 1.29 is 9.59 Å². The summed E-state index contributed by atoms with van der Waals surface area (Å²) in [6.45, 7) is 3.63. The first kappa shape index (κ1) is 20.8. The minimum atomic E-state index is -0.376. The zero-order chi connectivity index (χ0) is 21.0. The fourth-order valence-electron chi connectivity index (χ4n) is 2.76. The van der Waals surface area contributed by atoms with E-state index in [0.717, 1.165) is 16.7 Å². The van der Waals surface area contributed by atoms with Crippen LogP contribution in [0.25, 0.3) is 11.4 Å². The maximum atomic E-state index is 12.4. The molecule has 3 aromatic rings. The Bertz CT molecular complexity index is 1120. The molecule has 0 saturated heterocycles. The van der Waals surface area contributed by atoms with Gasteiger partial charge in [-0.15, -0.1) is 0 Å². The zero-order valence-electron chi connectivity index (χ0n) is 16.0. The Morgan fingerprint density at radius 2 is 1.90 bits per heavy atom. The Morgan fingerprint density at radius 3 is 2.62 bits per heavy atom. The van der Waals surface area contributed by atoms with Gasteiger partial charge in [0, 0.05) is 5.56 Å². The summed E-state index contributed by atoms with van der Waals surface area (Å²) >= 11 is 11.4. The molecular weight excluding hydrogens is 410 g/mol. The highest BCUT2D eigenvalue weighted by Gasteiger charge is 2.14. The Morgan fingerprint density at radius 1 is 1.14 bits per heavy atom. The third kappa shape index (κ3) is 5.30. The lowest BCUT2D eigenvalue weighted by Gasteiger charge is -2.10. The van der Waals surface area contributed by atoms with Crippen molar-refractivity contribution in [1.29, 1.82) is 0 Å². The van der Waals surface area contributed by atoms with Crippen LogP contribution in [0.2, 0.25) is 5.02 Å². The number of aromatic nitrogens is 3. The monoisotopic (exact) mass is 429 g/mol. The van der Waals surface area contributed by atoms with E-state index >= 15 is 0 Å². The maximum absolute atomic E-state index is 12.4. The van der Waals surface area contributed by atoms with Gasteiger partial charge in [-0.3, -0.25) is 19.3 Å². The lowest BCUT2D eigenvalue weighted by molar-refractivity contribution is -0.124. The highest BCUT2D eigenvalue weighted by molar-refractivity contribution is 7.71. The van der Waals surface area contributed by atoms with Crippen LogP contribution in [0.5, 0.6) is 0 Å². The van der Waals surface area contributed by atoms with Crippen LogP contribution in [-0.2, 0) is 16.1 Å². The molecule has 0 atom stereocenters. The molecule has 150 valence electrons. The summed E-state index contributed by atoms with van der Waals surface area (Å²) in [5.41, 5.74) is 3.40. The highest BCUT2D eigenvalue weighted by Crippen LogP contribution is 2.22. The molecule has 29 heavy (non-hydrogen) atoms. The van der Waals surface area contributed by atoms with Crippen LogP contribution in [0, 0.1) is 18.6 Å². The number of hydrogen-bond donors (Lipinski definition) is 3. The number of aryl methyl sites for hydroxylation is 2. The zero-order valence-corrected chi connectivity index (χ0v) is 17.5. The molecular formula is C20H20ClN5O2S. The van der Waals surface area contributed by atoms with E-state index in [9.17, 15) is 9.59 Å². The van der Waals surface area contributed by atoms with Crippen molar-refractivity contribution in [1.82, 2.24) is 20.1 Å². The number of H-pyrrole nitrogens is 1. The van der Waals surface area contributed by atoms with Crippen molar-refractivity contribution in [3.8, 4) is 11.4 Å². The normalized spacial score (nSPS) is 10.6. The minimum absolute atomic E-state index is 0.0584. The number of benzene rings is 2. The lowest BCUT2D eigenvalue weighted by Crippen LogP contribution is -2.35. The molecule has 7 nitrogen and oxygen atoms in total. The molecule has 1 aromatic heterocycles. The molecule has 1 heterocycles. The van der Waals surface area contributed by atoms with Crippen LogP contribution in [0.1, 0.15) is 11.1 Å². The lowest BCUT2D eigenvalue weighted by atomic mass is 10.1. The number of nitrogens with one attached hydrogen (secondary N) is 3. The molecule has 0 spiro atoms.